The molecule has 114 valence electrons. The fourth-order valence-electron chi connectivity index (χ4n) is 2.06. The Bertz CT molecular complexity index is 741. The first-order chi connectivity index (χ1) is 10.6. The molecule has 1 aliphatic rings. The van der Waals surface area contributed by atoms with Crippen LogP contribution in [0.5, 0.6) is 0 Å². The summed E-state index contributed by atoms with van der Waals surface area (Å²) in [7, 11) is 0. The molecular weight excluding hydrogens is 322 g/mol. The second kappa shape index (κ2) is 6.05. The molecule has 8 heteroatoms. The molecule has 0 radical (unpaired) electrons. The number of anilines is 1. The van der Waals surface area contributed by atoms with Crippen LogP contribution < -0.4 is 5.32 Å². The van der Waals surface area contributed by atoms with Gasteiger partial charge in [0.1, 0.15) is 5.56 Å². The van der Waals surface area contributed by atoms with Crippen molar-refractivity contribution >= 4 is 39.8 Å². The van der Waals surface area contributed by atoms with E-state index in [2.05, 4.69) is 10.3 Å². The third-order valence-corrected chi connectivity index (χ3v) is 4.88. The molecule has 22 heavy (non-hydrogen) atoms. The van der Waals surface area contributed by atoms with Gasteiger partial charge in [0, 0.05) is 22.3 Å². The van der Waals surface area contributed by atoms with E-state index in [4.69, 9.17) is 0 Å². The van der Waals surface area contributed by atoms with Crippen LogP contribution in [0.2, 0.25) is 0 Å². The zero-order chi connectivity index (χ0) is 15.7. The molecule has 1 N–H and O–H groups in total. The number of carbonyl (C=O) groups excluding carboxylic acids is 1. The van der Waals surface area contributed by atoms with Crippen molar-refractivity contribution in [2.45, 2.75) is 23.7 Å². The predicted molar refractivity (Wildman–Crippen MR) is 86.9 cm³/mol. The first kappa shape index (κ1) is 15.0. The summed E-state index contributed by atoms with van der Waals surface area (Å²) < 4.78 is 0. The van der Waals surface area contributed by atoms with Crippen molar-refractivity contribution in [2.75, 3.05) is 11.6 Å². The summed E-state index contributed by atoms with van der Waals surface area (Å²) in [5.74, 6) is 0.00959. The Labute approximate surface area is 135 Å². The number of nitro groups is 1. The average Bonchev–Trinajstić information content (AvgIpc) is 3.26. The van der Waals surface area contributed by atoms with Crippen LogP contribution in [0.3, 0.4) is 0 Å². The van der Waals surface area contributed by atoms with Gasteiger partial charge in [0.15, 0.2) is 5.13 Å². The summed E-state index contributed by atoms with van der Waals surface area (Å²) >= 11 is 2.77. The van der Waals surface area contributed by atoms with Gasteiger partial charge < -0.3 is 0 Å². The Morgan fingerprint density at radius 2 is 2.27 bits per heavy atom. The number of aromatic nitrogens is 1. The summed E-state index contributed by atoms with van der Waals surface area (Å²) in [6, 6.07) is 4.53. The second-order valence-corrected chi connectivity index (χ2v) is 6.68. The van der Waals surface area contributed by atoms with Gasteiger partial charge in [0.05, 0.1) is 10.6 Å². The predicted octanol–water partition coefficient (Wildman–Crippen LogP) is 3.90. The van der Waals surface area contributed by atoms with E-state index in [1.807, 2.05) is 11.6 Å². The van der Waals surface area contributed by atoms with Crippen LogP contribution in [-0.4, -0.2) is 22.1 Å². The molecule has 0 aliphatic heterocycles. The van der Waals surface area contributed by atoms with Gasteiger partial charge in [0.2, 0.25) is 0 Å². The lowest BCUT2D eigenvalue weighted by atomic mass is 10.1. The molecule has 1 saturated carbocycles. The molecule has 0 atom stereocenters. The molecule has 0 unspecified atom stereocenters. The Balaban J connectivity index is 1.84. The standard InChI is InChI=1S/C14H13N3O3S2/c1-21-9-4-5-12(17(19)20)10(6-9)13(18)16-14-15-11(7-22-14)8-2-3-8/h4-8H,2-3H2,1H3,(H,15,16,18). The maximum Gasteiger partial charge on any atom is 0.282 e. The lowest BCUT2D eigenvalue weighted by Gasteiger charge is -2.05. The highest BCUT2D eigenvalue weighted by molar-refractivity contribution is 7.98. The van der Waals surface area contributed by atoms with Crippen LogP contribution >= 0.6 is 23.1 Å². The third kappa shape index (κ3) is 3.12. The number of benzene rings is 1. The zero-order valence-corrected chi connectivity index (χ0v) is 13.4. The number of hydrogen-bond acceptors (Lipinski definition) is 6. The molecule has 1 aromatic heterocycles. The number of nitrogens with one attached hydrogen (secondary N) is 1. The molecule has 0 spiro atoms. The number of hydrogen-bond donors (Lipinski definition) is 1. The minimum Gasteiger partial charge on any atom is -0.298 e. The fraction of sp³-hybridized carbons (Fsp3) is 0.286. The Morgan fingerprint density at radius 3 is 2.91 bits per heavy atom. The minimum atomic E-state index is -0.545. The second-order valence-electron chi connectivity index (χ2n) is 4.95. The fourth-order valence-corrected chi connectivity index (χ4v) is 3.28. The Hall–Kier alpha value is -1.93. The summed E-state index contributed by atoms with van der Waals surface area (Å²) in [5, 5.41) is 16.2. The maximum atomic E-state index is 12.3. The summed E-state index contributed by atoms with van der Waals surface area (Å²) in [6.07, 6.45) is 4.13. The third-order valence-electron chi connectivity index (χ3n) is 3.38. The number of carbonyl (C=O) groups is 1. The number of thioether (sulfide) groups is 1. The molecule has 2 aromatic rings. The topological polar surface area (TPSA) is 85.1 Å². The molecule has 0 bridgehead atoms. The highest BCUT2D eigenvalue weighted by atomic mass is 32.2. The quantitative estimate of drug-likeness (QED) is 0.509. The van der Waals surface area contributed by atoms with Gasteiger partial charge in [-0.05, 0) is 31.2 Å². The van der Waals surface area contributed by atoms with E-state index >= 15 is 0 Å². The smallest absolute Gasteiger partial charge is 0.282 e. The number of nitro benzene ring substituents is 1. The van der Waals surface area contributed by atoms with Crippen molar-refractivity contribution in [3.8, 4) is 0 Å². The van der Waals surface area contributed by atoms with Gasteiger partial charge in [-0.15, -0.1) is 23.1 Å². The largest absolute Gasteiger partial charge is 0.298 e. The van der Waals surface area contributed by atoms with Crippen LogP contribution in [0.4, 0.5) is 10.8 Å². The number of nitrogens with zero attached hydrogens (tertiary/aromatic N) is 2. The highest BCUT2D eigenvalue weighted by Gasteiger charge is 2.27. The van der Waals surface area contributed by atoms with E-state index in [-0.39, 0.29) is 11.3 Å². The van der Waals surface area contributed by atoms with Crippen molar-refractivity contribution in [1.29, 1.82) is 0 Å². The molecule has 1 aliphatic carbocycles. The van der Waals surface area contributed by atoms with Gasteiger partial charge in [-0.2, -0.15) is 0 Å². The number of thiazole rings is 1. The van der Waals surface area contributed by atoms with E-state index in [1.54, 1.807) is 6.07 Å². The summed E-state index contributed by atoms with van der Waals surface area (Å²) in [6.45, 7) is 0. The van der Waals surface area contributed by atoms with E-state index in [9.17, 15) is 14.9 Å². The monoisotopic (exact) mass is 335 g/mol. The van der Waals surface area contributed by atoms with Gasteiger partial charge in [-0.25, -0.2) is 4.98 Å². The number of rotatable bonds is 5. The lowest BCUT2D eigenvalue weighted by Crippen LogP contribution is -2.14. The van der Waals surface area contributed by atoms with Gasteiger partial charge in [-0.1, -0.05) is 0 Å². The lowest BCUT2D eigenvalue weighted by molar-refractivity contribution is -0.385. The van der Waals surface area contributed by atoms with Crippen molar-refractivity contribution in [1.82, 2.24) is 4.98 Å². The van der Waals surface area contributed by atoms with Crippen LogP contribution in [0.25, 0.3) is 0 Å². The molecule has 1 aromatic carbocycles. The Kier molecular flexibility index (Phi) is 4.12. The van der Waals surface area contributed by atoms with E-state index < -0.39 is 10.8 Å². The van der Waals surface area contributed by atoms with E-state index in [1.165, 1.54) is 35.2 Å². The van der Waals surface area contributed by atoms with Crippen molar-refractivity contribution < 1.29 is 9.72 Å². The first-order valence-electron chi connectivity index (χ1n) is 6.67. The zero-order valence-electron chi connectivity index (χ0n) is 11.7. The Morgan fingerprint density at radius 1 is 1.50 bits per heavy atom. The van der Waals surface area contributed by atoms with E-state index in [0.717, 1.165) is 23.4 Å². The van der Waals surface area contributed by atoms with Crippen LogP contribution in [0.15, 0.2) is 28.5 Å². The van der Waals surface area contributed by atoms with Gasteiger partial charge >= 0.3 is 0 Å². The molecule has 1 heterocycles. The van der Waals surface area contributed by atoms with Crippen LogP contribution in [0.1, 0.15) is 34.8 Å². The van der Waals surface area contributed by atoms with Gasteiger partial charge in [-0.3, -0.25) is 20.2 Å². The average molecular weight is 335 g/mol. The number of amides is 1. The molecule has 0 saturated heterocycles. The molecule has 6 nitrogen and oxygen atoms in total. The summed E-state index contributed by atoms with van der Waals surface area (Å²) in [4.78, 5) is 28.1. The van der Waals surface area contributed by atoms with Gasteiger partial charge in [0.25, 0.3) is 11.6 Å². The van der Waals surface area contributed by atoms with Crippen LogP contribution in [0, 0.1) is 10.1 Å². The minimum absolute atomic E-state index is 0.0556. The first-order valence-corrected chi connectivity index (χ1v) is 8.78. The normalized spacial score (nSPS) is 13.9. The van der Waals surface area contributed by atoms with Crippen molar-refractivity contribution in [2.24, 2.45) is 0 Å². The van der Waals surface area contributed by atoms with Crippen LogP contribution in [-0.2, 0) is 0 Å². The summed E-state index contributed by atoms with van der Waals surface area (Å²) in [5.41, 5.74) is 0.849. The highest BCUT2D eigenvalue weighted by Crippen LogP contribution is 2.41. The maximum absolute atomic E-state index is 12.3. The molecule has 1 amide bonds. The molecule has 1 fully saturated rings. The SMILES string of the molecule is CSc1ccc([N+](=O)[O-])c(C(=O)Nc2nc(C3CC3)cs2)c1. The molecule has 3 rings (SSSR count). The van der Waals surface area contributed by atoms with Crippen molar-refractivity contribution in [3.63, 3.8) is 0 Å². The van der Waals surface area contributed by atoms with Crippen molar-refractivity contribution in [3.05, 3.63) is 45.0 Å². The molecular formula is C14H13N3O3S2. The van der Waals surface area contributed by atoms with E-state index in [0.29, 0.717) is 11.0 Å².